The highest BCUT2D eigenvalue weighted by Crippen LogP contribution is 2.27. The molecule has 2 aromatic carbocycles. The molecule has 0 saturated heterocycles. The zero-order valence-corrected chi connectivity index (χ0v) is 15.4. The van der Waals surface area contributed by atoms with Gasteiger partial charge in [-0.3, -0.25) is 4.79 Å². The number of benzene rings is 2. The Labute approximate surface area is 153 Å². The summed E-state index contributed by atoms with van der Waals surface area (Å²) in [6, 6.07) is 13.8. The Morgan fingerprint density at radius 3 is 2.62 bits per heavy atom. The number of para-hydroxylation sites is 1. The lowest BCUT2D eigenvalue weighted by Gasteiger charge is -2.10. The van der Waals surface area contributed by atoms with Crippen molar-refractivity contribution in [2.24, 2.45) is 0 Å². The molecule has 0 saturated carbocycles. The van der Waals surface area contributed by atoms with Gasteiger partial charge < -0.3 is 19.8 Å². The molecule has 2 N–H and O–H groups in total. The molecule has 0 aliphatic heterocycles. The third-order valence-corrected chi connectivity index (χ3v) is 4.54. The van der Waals surface area contributed by atoms with Crippen LogP contribution in [0.1, 0.15) is 16.8 Å². The highest BCUT2D eigenvalue weighted by Gasteiger charge is 2.10. The van der Waals surface area contributed by atoms with Gasteiger partial charge in [0, 0.05) is 23.1 Å². The molecule has 1 heterocycles. The third-order valence-electron chi connectivity index (χ3n) is 4.54. The Bertz CT molecular complexity index is 915. The summed E-state index contributed by atoms with van der Waals surface area (Å²) in [5.41, 5.74) is 4.44. The average Bonchev–Trinajstić information content (AvgIpc) is 2.97. The van der Waals surface area contributed by atoms with Crippen molar-refractivity contribution in [2.45, 2.75) is 19.8 Å². The summed E-state index contributed by atoms with van der Waals surface area (Å²) in [5, 5.41) is 4.22. The molecule has 1 aromatic heterocycles. The summed E-state index contributed by atoms with van der Waals surface area (Å²) in [6.45, 7) is 2.68. The van der Waals surface area contributed by atoms with Gasteiger partial charge in [-0.25, -0.2) is 0 Å². The lowest BCUT2D eigenvalue weighted by Crippen LogP contribution is -2.27. The van der Waals surface area contributed by atoms with E-state index < -0.39 is 0 Å². The van der Waals surface area contributed by atoms with Crippen molar-refractivity contribution < 1.29 is 14.3 Å². The van der Waals surface area contributed by atoms with E-state index in [1.54, 1.807) is 14.2 Å². The van der Waals surface area contributed by atoms with Crippen LogP contribution in [-0.4, -0.2) is 31.7 Å². The van der Waals surface area contributed by atoms with Crippen LogP contribution in [0.4, 0.5) is 0 Å². The van der Waals surface area contributed by atoms with Crippen molar-refractivity contribution in [1.29, 1.82) is 0 Å². The van der Waals surface area contributed by atoms with Crippen molar-refractivity contribution in [2.75, 3.05) is 20.8 Å². The lowest BCUT2D eigenvalue weighted by molar-refractivity contribution is -0.120. The van der Waals surface area contributed by atoms with Crippen molar-refractivity contribution in [3.05, 3.63) is 59.3 Å². The second kappa shape index (κ2) is 7.95. The van der Waals surface area contributed by atoms with Gasteiger partial charge >= 0.3 is 0 Å². The smallest absolute Gasteiger partial charge is 0.224 e. The number of hydrogen-bond donors (Lipinski definition) is 2. The third kappa shape index (κ3) is 3.82. The Morgan fingerprint density at radius 1 is 1.08 bits per heavy atom. The number of H-pyrrole nitrogens is 1. The quantitative estimate of drug-likeness (QED) is 0.685. The van der Waals surface area contributed by atoms with Gasteiger partial charge in [-0.1, -0.05) is 24.3 Å². The number of aromatic amines is 1. The van der Waals surface area contributed by atoms with E-state index in [-0.39, 0.29) is 5.91 Å². The molecule has 0 aliphatic carbocycles. The van der Waals surface area contributed by atoms with Crippen molar-refractivity contribution in [1.82, 2.24) is 10.3 Å². The summed E-state index contributed by atoms with van der Waals surface area (Å²) in [6.07, 6.45) is 1.11. The predicted octanol–water partition coefficient (Wildman–Crippen LogP) is 3.39. The molecule has 26 heavy (non-hydrogen) atoms. The van der Waals surface area contributed by atoms with Crippen LogP contribution in [0.5, 0.6) is 11.5 Å². The van der Waals surface area contributed by atoms with E-state index >= 15 is 0 Å². The van der Waals surface area contributed by atoms with Crippen LogP contribution >= 0.6 is 0 Å². The first-order chi connectivity index (χ1) is 12.6. The van der Waals surface area contributed by atoms with Crippen molar-refractivity contribution >= 4 is 16.8 Å². The second-order valence-electron chi connectivity index (χ2n) is 6.24. The molecule has 0 spiro atoms. The first-order valence-electron chi connectivity index (χ1n) is 8.66. The molecule has 0 fully saturated rings. The van der Waals surface area contributed by atoms with Gasteiger partial charge in [0.1, 0.15) is 0 Å². The number of carbonyl (C=O) groups excluding carboxylic acids is 1. The fourth-order valence-corrected chi connectivity index (χ4v) is 3.22. The minimum Gasteiger partial charge on any atom is -0.493 e. The minimum absolute atomic E-state index is 0.00489. The zero-order valence-electron chi connectivity index (χ0n) is 15.4. The summed E-state index contributed by atoms with van der Waals surface area (Å²) < 4.78 is 10.5. The fraction of sp³-hybridized carbons (Fsp3) is 0.286. The van der Waals surface area contributed by atoms with Crippen LogP contribution in [0.15, 0.2) is 42.5 Å². The van der Waals surface area contributed by atoms with Crippen LogP contribution in [0, 0.1) is 6.92 Å². The topological polar surface area (TPSA) is 63.3 Å². The normalized spacial score (nSPS) is 10.7. The molecule has 3 aromatic rings. The molecule has 0 bridgehead atoms. The molecular weight excluding hydrogens is 328 g/mol. The molecule has 0 radical (unpaired) electrons. The number of methoxy groups -OCH3 is 2. The number of hydrogen-bond acceptors (Lipinski definition) is 3. The first-order valence-corrected chi connectivity index (χ1v) is 8.66. The van der Waals surface area contributed by atoms with E-state index in [4.69, 9.17) is 9.47 Å². The number of amides is 1. The number of aryl methyl sites for hydroxylation is 1. The number of nitrogens with one attached hydrogen (secondary N) is 2. The average molecular weight is 352 g/mol. The number of ether oxygens (including phenoxy) is 2. The van der Waals surface area contributed by atoms with Crippen LogP contribution in [0.3, 0.4) is 0 Å². The summed E-state index contributed by atoms with van der Waals surface area (Å²) >= 11 is 0. The van der Waals surface area contributed by atoms with E-state index in [1.165, 1.54) is 10.9 Å². The summed E-state index contributed by atoms with van der Waals surface area (Å²) in [5.74, 6) is 1.29. The fourth-order valence-electron chi connectivity index (χ4n) is 3.22. The highest BCUT2D eigenvalue weighted by atomic mass is 16.5. The largest absolute Gasteiger partial charge is 0.493 e. The second-order valence-corrected chi connectivity index (χ2v) is 6.24. The maximum Gasteiger partial charge on any atom is 0.224 e. The van der Waals surface area contributed by atoms with E-state index in [0.29, 0.717) is 24.5 Å². The zero-order chi connectivity index (χ0) is 18.5. The van der Waals surface area contributed by atoms with E-state index in [9.17, 15) is 4.79 Å². The maximum atomic E-state index is 12.3. The first kappa shape index (κ1) is 17.9. The SMILES string of the molecule is COc1ccc(CC(=O)NCCc2c(C)[nH]c3ccccc23)cc1OC. The van der Waals surface area contributed by atoms with Gasteiger partial charge in [0.05, 0.1) is 20.6 Å². The molecule has 1 amide bonds. The van der Waals surface area contributed by atoms with E-state index in [2.05, 4.69) is 29.4 Å². The molecule has 136 valence electrons. The Hall–Kier alpha value is -2.95. The number of carbonyl (C=O) groups is 1. The van der Waals surface area contributed by atoms with Gasteiger partial charge in [-0.05, 0) is 42.7 Å². The molecule has 0 unspecified atom stereocenters. The monoisotopic (exact) mass is 352 g/mol. The highest BCUT2D eigenvalue weighted by molar-refractivity contribution is 5.84. The summed E-state index contributed by atoms with van der Waals surface area (Å²) in [7, 11) is 3.18. The van der Waals surface area contributed by atoms with Crippen molar-refractivity contribution in [3.63, 3.8) is 0 Å². The van der Waals surface area contributed by atoms with Gasteiger partial charge in [0.15, 0.2) is 11.5 Å². The van der Waals surface area contributed by atoms with E-state index in [1.807, 2.05) is 30.3 Å². The van der Waals surface area contributed by atoms with Gasteiger partial charge in [0.2, 0.25) is 5.91 Å². The van der Waals surface area contributed by atoms with Gasteiger partial charge in [0.25, 0.3) is 0 Å². The van der Waals surface area contributed by atoms with Crippen LogP contribution in [-0.2, 0) is 17.6 Å². The standard InChI is InChI=1S/C21H24N2O3/c1-14-16(17-6-4-5-7-18(17)23-14)10-11-22-21(24)13-15-8-9-19(25-2)20(12-15)26-3/h4-9,12,23H,10-11,13H2,1-3H3,(H,22,24). The number of fused-ring (bicyclic) bond motifs is 1. The van der Waals surface area contributed by atoms with Crippen LogP contribution in [0.25, 0.3) is 10.9 Å². The molecule has 3 rings (SSSR count). The Kier molecular flexibility index (Phi) is 5.46. The summed E-state index contributed by atoms with van der Waals surface area (Å²) in [4.78, 5) is 15.6. The Balaban J connectivity index is 1.58. The van der Waals surface area contributed by atoms with Gasteiger partial charge in [-0.15, -0.1) is 0 Å². The van der Waals surface area contributed by atoms with Gasteiger partial charge in [-0.2, -0.15) is 0 Å². The molecular formula is C21H24N2O3. The molecule has 0 aliphatic rings. The molecule has 0 atom stereocenters. The maximum absolute atomic E-state index is 12.3. The lowest BCUT2D eigenvalue weighted by atomic mass is 10.1. The Morgan fingerprint density at radius 2 is 1.85 bits per heavy atom. The molecule has 5 nitrogen and oxygen atoms in total. The minimum atomic E-state index is -0.00489. The van der Waals surface area contributed by atoms with Crippen LogP contribution < -0.4 is 14.8 Å². The number of rotatable bonds is 7. The predicted molar refractivity (Wildman–Crippen MR) is 103 cm³/mol. The molecule has 5 heteroatoms. The van der Waals surface area contributed by atoms with Crippen molar-refractivity contribution in [3.8, 4) is 11.5 Å². The van der Waals surface area contributed by atoms with Crippen LogP contribution in [0.2, 0.25) is 0 Å². The number of aromatic nitrogens is 1. The van der Waals surface area contributed by atoms with E-state index in [0.717, 1.165) is 23.2 Å².